The maximum absolute atomic E-state index is 13.1. The standard InChI is InChI=1S/C10H14F2N2O/c1-3-10(11,12)6-14-7(2)8(13)4-5-9(14)15/h4-5H,3,6,13H2,1-2H3. The Morgan fingerprint density at radius 2 is 2.07 bits per heavy atom. The molecule has 0 fully saturated rings. The monoisotopic (exact) mass is 216 g/mol. The molecule has 1 rings (SSSR count). The van der Waals surface area contributed by atoms with Crippen LogP contribution in [0.15, 0.2) is 16.9 Å². The Morgan fingerprint density at radius 1 is 1.47 bits per heavy atom. The summed E-state index contributed by atoms with van der Waals surface area (Å²) in [6.07, 6.45) is -0.298. The molecule has 84 valence electrons. The number of anilines is 1. The predicted molar refractivity (Wildman–Crippen MR) is 55.1 cm³/mol. The van der Waals surface area contributed by atoms with E-state index in [1.165, 1.54) is 19.1 Å². The molecular weight excluding hydrogens is 202 g/mol. The maximum Gasteiger partial charge on any atom is 0.265 e. The molecule has 0 saturated carbocycles. The number of nitrogens with zero attached hydrogens (tertiary/aromatic N) is 1. The molecule has 1 aromatic heterocycles. The number of halogens is 2. The van der Waals surface area contributed by atoms with Gasteiger partial charge in [0.1, 0.15) is 0 Å². The molecule has 2 N–H and O–H groups in total. The Balaban J connectivity index is 3.15. The summed E-state index contributed by atoms with van der Waals surface area (Å²) in [5.74, 6) is -2.87. The van der Waals surface area contributed by atoms with Gasteiger partial charge in [0.25, 0.3) is 11.5 Å². The van der Waals surface area contributed by atoms with Gasteiger partial charge < -0.3 is 10.3 Å². The molecule has 5 heteroatoms. The van der Waals surface area contributed by atoms with Crippen LogP contribution in [-0.2, 0) is 6.54 Å². The summed E-state index contributed by atoms with van der Waals surface area (Å²) in [5, 5.41) is 0. The third-order valence-corrected chi connectivity index (χ3v) is 2.40. The van der Waals surface area contributed by atoms with Crippen LogP contribution in [-0.4, -0.2) is 10.5 Å². The number of hydrogen-bond donors (Lipinski definition) is 1. The Kier molecular flexibility index (Phi) is 3.12. The minimum absolute atomic E-state index is 0.298. The molecule has 3 nitrogen and oxygen atoms in total. The van der Waals surface area contributed by atoms with E-state index in [4.69, 9.17) is 5.73 Å². The summed E-state index contributed by atoms with van der Waals surface area (Å²) >= 11 is 0. The van der Waals surface area contributed by atoms with Crippen molar-refractivity contribution >= 4 is 5.69 Å². The molecule has 15 heavy (non-hydrogen) atoms. The van der Waals surface area contributed by atoms with Gasteiger partial charge in [-0.05, 0) is 13.0 Å². The summed E-state index contributed by atoms with van der Waals surface area (Å²) in [6, 6.07) is 2.63. The van der Waals surface area contributed by atoms with Crippen LogP contribution in [0.5, 0.6) is 0 Å². The van der Waals surface area contributed by atoms with E-state index in [0.717, 1.165) is 4.57 Å². The van der Waals surface area contributed by atoms with Crippen molar-refractivity contribution in [2.45, 2.75) is 32.7 Å². The smallest absolute Gasteiger partial charge is 0.265 e. The molecule has 1 aromatic rings. The summed E-state index contributed by atoms with van der Waals surface area (Å²) in [4.78, 5) is 11.4. The van der Waals surface area contributed by atoms with Crippen LogP contribution >= 0.6 is 0 Å². The highest BCUT2D eigenvalue weighted by Crippen LogP contribution is 2.21. The van der Waals surface area contributed by atoms with Crippen molar-refractivity contribution in [3.8, 4) is 0 Å². The molecule has 0 saturated heterocycles. The van der Waals surface area contributed by atoms with E-state index in [1.54, 1.807) is 6.92 Å². The highest BCUT2D eigenvalue weighted by molar-refractivity contribution is 5.41. The van der Waals surface area contributed by atoms with E-state index in [-0.39, 0.29) is 6.42 Å². The van der Waals surface area contributed by atoms with E-state index < -0.39 is 18.0 Å². The normalized spacial score (nSPS) is 11.7. The Morgan fingerprint density at radius 3 is 2.60 bits per heavy atom. The molecule has 0 aliphatic rings. The molecule has 0 aliphatic carbocycles. The summed E-state index contributed by atoms with van der Waals surface area (Å²) < 4.78 is 27.3. The average molecular weight is 216 g/mol. The summed E-state index contributed by atoms with van der Waals surface area (Å²) in [7, 11) is 0. The zero-order chi connectivity index (χ0) is 11.6. The van der Waals surface area contributed by atoms with Crippen LogP contribution in [0.4, 0.5) is 14.5 Å². The lowest BCUT2D eigenvalue weighted by Crippen LogP contribution is -2.32. The van der Waals surface area contributed by atoms with Crippen LogP contribution in [0.1, 0.15) is 19.0 Å². The molecule has 0 amide bonds. The Bertz CT molecular complexity index is 412. The number of pyridine rings is 1. The number of hydrogen-bond acceptors (Lipinski definition) is 2. The van der Waals surface area contributed by atoms with E-state index in [2.05, 4.69) is 0 Å². The first-order valence-corrected chi connectivity index (χ1v) is 4.71. The minimum atomic E-state index is -2.87. The second-order valence-electron chi connectivity index (χ2n) is 3.51. The molecule has 0 spiro atoms. The van der Waals surface area contributed by atoms with Gasteiger partial charge in [-0.3, -0.25) is 4.79 Å². The number of rotatable bonds is 3. The van der Waals surface area contributed by atoms with Gasteiger partial charge in [0.15, 0.2) is 0 Å². The van der Waals surface area contributed by atoms with E-state index in [9.17, 15) is 13.6 Å². The van der Waals surface area contributed by atoms with E-state index >= 15 is 0 Å². The number of nitrogen functional groups attached to an aromatic ring is 1. The first-order chi connectivity index (χ1) is 6.87. The lowest BCUT2D eigenvalue weighted by atomic mass is 10.2. The van der Waals surface area contributed by atoms with Gasteiger partial charge in [-0.25, -0.2) is 8.78 Å². The van der Waals surface area contributed by atoms with Crippen molar-refractivity contribution in [1.82, 2.24) is 4.57 Å². The third kappa shape index (κ3) is 2.55. The molecule has 1 heterocycles. The lowest BCUT2D eigenvalue weighted by molar-refractivity contribution is -0.0211. The van der Waals surface area contributed by atoms with Gasteiger partial charge >= 0.3 is 0 Å². The highest BCUT2D eigenvalue weighted by atomic mass is 19.3. The van der Waals surface area contributed by atoms with Crippen molar-refractivity contribution in [2.24, 2.45) is 0 Å². The molecule has 0 aliphatic heterocycles. The van der Waals surface area contributed by atoms with Gasteiger partial charge in [-0.2, -0.15) is 0 Å². The zero-order valence-corrected chi connectivity index (χ0v) is 8.76. The van der Waals surface area contributed by atoms with Crippen LogP contribution in [0.3, 0.4) is 0 Å². The van der Waals surface area contributed by atoms with Crippen molar-refractivity contribution in [2.75, 3.05) is 5.73 Å². The number of nitrogens with two attached hydrogens (primary N) is 1. The number of alkyl halides is 2. The van der Waals surface area contributed by atoms with Gasteiger partial charge in [-0.15, -0.1) is 0 Å². The average Bonchev–Trinajstić information content (AvgIpc) is 2.19. The van der Waals surface area contributed by atoms with Crippen LogP contribution in [0, 0.1) is 6.92 Å². The van der Waals surface area contributed by atoms with E-state index in [0.29, 0.717) is 11.4 Å². The van der Waals surface area contributed by atoms with Gasteiger partial charge in [0, 0.05) is 18.2 Å². The maximum atomic E-state index is 13.1. The first kappa shape index (κ1) is 11.7. The second-order valence-corrected chi connectivity index (χ2v) is 3.51. The van der Waals surface area contributed by atoms with Crippen molar-refractivity contribution in [3.63, 3.8) is 0 Å². The second kappa shape index (κ2) is 4.00. The largest absolute Gasteiger partial charge is 0.397 e. The van der Waals surface area contributed by atoms with Crippen molar-refractivity contribution in [3.05, 3.63) is 28.2 Å². The Labute approximate surface area is 86.5 Å². The number of aromatic nitrogens is 1. The fourth-order valence-corrected chi connectivity index (χ4v) is 1.23. The quantitative estimate of drug-likeness (QED) is 0.837. The van der Waals surface area contributed by atoms with Crippen LogP contribution in [0.25, 0.3) is 0 Å². The third-order valence-electron chi connectivity index (χ3n) is 2.40. The fraction of sp³-hybridized carbons (Fsp3) is 0.500. The zero-order valence-electron chi connectivity index (χ0n) is 8.76. The van der Waals surface area contributed by atoms with Gasteiger partial charge in [-0.1, -0.05) is 6.92 Å². The molecule has 0 bridgehead atoms. The molecule has 0 aromatic carbocycles. The van der Waals surface area contributed by atoms with Gasteiger partial charge in [0.2, 0.25) is 0 Å². The van der Waals surface area contributed by atoms with E-state index in [1.807, 2.05) is 0 Å². The van der Waals surface area contributed by atoms with Gasteiger partial charge in [0.05, 0.1) is 12.2 Å². The minimum Gasteiger partial charge on any atom is -0.397 e. The van der Waals surface area contributed by atoms with Crippen molar-refractivity contribution < 1.29 is 8.78 Å². The van der Waals surface area contributed by atoms with Crippen LogP contribution in [0.2, 0.25) is 0 Å². The lowest BCUT2D eigenvalue weighted by Gasteiger charge is -2.18. The summed E-state index contributed by atoms with van der Waals surface area (Å²) in [5.41, 5.74) is 5.83. The topological polar surface area (TPSA) is 48.0 Å². The van der Waals surface area contributed by atoms with Crippen molar-refractivity contribution in [1.29, 1.82) is 0 Å². The van der Waals surface area contributed by atoms with Crippen LogP contribution < -0.4 is 11.3 Å². The summed E-state index contributed by atoms with van der Waals surface area (Å²) in [6.45, 7) is 2.33. The highest BCUT2D eigenvalue weighted by Gasteiger charge is 2.27. The first-order valence-electron chi connectivity index (χ1n) is 4.71. The Hall–Kier alpha value is -1.39. The fourth-order valence-electron chi connectivity index (χ4n) is 1.23. The molecule has 0 atom stereocenters. The predicted octanol–water partition coefficient (Wildman–Crippen LogP) is 1.78. The SMILES string of the molecule is CCC(F)(F)Cn1c(C)c(N)ccc1=O. The molecule has 0 radical (unpaired) electrons. The molecule has 0 unspecified atom stereocenters. The molecular formula is C10H14F2N2O.